The topological polar surface area (TPSA) is 126 Å². The third-order valence-corrected chi connectivity index (χ3v) is 4.76. The molecule has 0 fully saturated rings. The van der Waals surface area contributed by atoms with Crippen LogP contribution < -0.4 is 5.73 Å². The van der Waals surface area contributed by atoms with Crippen molar-refractivity contribution in [1.29, 1.82) is 0 Å². The number of carbonyl (C=O) groups excluding carboxylic acids is 1. The molecule has 0 spiro atoms. The molecule has 154 valence electrons. The number of carbonyl (C=O) groups is 1. The summed E-state index contributed by atoms with van der Waals surface area (Å²) in [5.41, 5.74) is 7.59. The average Bonchev–Trinajstić information content (AvgIpc) is 3.09. The van der Waals surface area contributed by atoms with Crippen LogP contribution >= 0.6 is 11.8 Å². The van der Waals surface area contributed by atoms with E-state index in [1.807, 2.05) is 30.3 Å². The van der Waals surface area contributed by atoms with Crippen molar-refractivity contribution in [2.75, 3.05) is 18.6 Å². The summed E-state index contributed by atoms with van der Waals surface area (Å²) in [6.45, 7) is 1.92. The number of nitrogen functional groups attached to an aromatic ring is 1. The fourth-order valence-corrected chi connectivity index (χ4v) is 3.26. The summed E-state index contributed by atoms with van der Waals surface area (Å²) in [6.07, 6.45) is 1.78. The van der Waals surface area contributed by atoms with E-state index in [9.17, 15) is 14.9 Å². The third kappa shape index (κ3) is 4.33. The van der Waals surface area contributed by atoms with Gasteiger partial charge in [0.25, 0.3) is 5.69 Å². The number of rotatable bonds is 6. The van der Waals surface area contributed by atoms with Gasteiger partial charge < -0.3 is 10.5 Å². The number of aromatic nitrogens is 2. The van der Waals surface area contributed by atoms with E-state index in [0.29, 0.717) is 22.1 Å². The highest BCUT2D eigenvalue weighted by Gasteiger charge is 2.25. The molecule has 2 aromatic carbocycles. The summed E-state index contributed by atoms with van der Waals surface area (Å²) in [6, 6.07) is 15.0. The lowest BCUT2D eigenvalue weighted by Gasteiger charge is -2.09. The molecule has 1 aromatic heterocycles. The quantitative estimate of drug-likeness (QED) is 0.158. The molecule has 10 heteroatoms. The van der Waals surface area contributed by atoms with Crippen molar-refractivity contribution in [3.8, 4) is 0 Å². The predicted octanol–water partition coefficient (Wildman–Crippen LogP) is 3.90. The van der Waals surface area contributed by atoms with Gasteiger partial charge >= 0.3 is 5.97 Å². The number of ether oxygens (including phenoxy) is 1. The van der Waals surface area contributed by atoms with Crippen molar-refractivity contribution in [2.45, 2.75) is 11.9 Å². The first-order chi connectivity index (χ1) is 14.5. The van der Waals surface area contributed by atoms with E-state index in [1.54, 1.807) is 13.2 Å². The standard InChI is InChI=1S/C20H19N5O4S/c1-3-29-20(26)16-17(21)24(23-19(16)30-2)18(13-7-5-4-6-8-13)22-14-9-11-15(12-10-14)25(27)28/h4-12H,3,21H2,1-2H3. The second-order valence-electron chi connectivity index (χ2n) is 5.98. The number of nitrogens with zero attached hydrogens (tertiary/aromatic N) is 4. The molecular weight excluding hydrogens is 406 g/mol. The summed E-state index contributed by atoms with van der Waals surface area (Å²) in [5, 5.41) is 15.8. The lowest BCUT2D eigenvalue weighted by Crippen LogP contribution is -2.18. The van der Waals surface area contributed by atoms with Crippen LogP contribution in [0.25, 0.3) is 0 Å². The zero-order valence-electron chi connectivity index (χ0n) is 16.3. The Morgan fingerprint density at radius 3 is 2.47 bits per heavy atom. The van der Waals surface area contributed by atoms with Gasteiger partial charge in [0.1, 0.15) is 16.4 Å². The molecule has 30 heavy (non-hydrogen) atoms. The Morgan fingerprint density at radius 1 is 1.23 bits per heavy atom. The molecule has 0 bridgehead atoms. The molecule has 0 unspecified atom stereocenters. The lowest BCUT2D eigenvalue weighted by atomic mass is 10.2. The Bertz CT molecular complexity index is 1090. The molecule has 0 amide bonds. The zero-order valence-corrected chi connectivity index (χ0v) is 17.1. The fraction of sp³-hybridized carbons (Fsp3) is 0.150. The van der Waals surface area contributed by atoms with Crippen LogP contribution in [0.4, 0.5) is 17.2 Å². The van der Waals surface area contributed by atoms with E-state index in [2.05, 4.69) is 10.1 Å². The van der Waals surface area contributed by atoms with Crippen LogP contribution in [0.15, 0.2) is 64.6 Å². The lowest BCUT2D eigenvalue weighted by molar-refractivity contribution is -0.384. The Balaban J connectivity index is 2.17. The van der Waals surface area contributed by atoms with Crippen molar-refractivity contribution < 1.29 is 14.5 Å². The van der Waals surface area contributed by atoms with Crippen molar-refractivity contribution >= 4 is 40.8 Å². The summed E-state index contributed by atoms with van der Waals surface area (Å²) >= 11 is 1.27. The number of aliphatic imine (C=N–C) groups is 1. The number of nitro groups is 1. The first-order valence-corrected chi connectivity index (χ1v) is 10.2. The van der Waals surface area contributed by atoms with Crippen LogP contribution in [0, 0.1) is 10.1 Å². The Hall–Kier alpha value is -3.66. The number of hydrogen-bond donors (Lipinski definition) is 1. The van der Waals surface area contributed by atoms with E-state index in [-0.39, 0.29) is 23.7 Å². The maximum atomic E-state index is 12.4. The Labute approximate surface area is 176 Å². The molecule has 0 aliphatic heterocycles. The molecule has 0 saturated heterocycles. The number of non-ortho nitro benzene ring substituents is 1. The average molecular weight is 425 g/mol. The number of nitro benzene ring substituents is 1. The smallest absolute Gasteiger partial charge is 0.344 e. The van der Waals surface area contributed by atoms with Gasteiger partial charge in [-0.15, -0.1) is 11.8 Å². The second kappa shape index (κ2) is 9.23. The van der Waals surface area contributed by atoms with Crippen LogP contribution in [-0.4, -0.2) is 39.4 Å². The SMILES string of the molecule is CCOC(=O)c1c(SC)nn(C(=Nc2ccc([N+](=O)[O-])cc2)c2ccccc2)c1N. The minimum atomic E-state index is -0.562. The van der Waals surface area contributed by atoms with E-state index in [0.717, 1.165) is 0 Å². The fourth-order valence-electron chi connectivity index (χ4n) is 2.70. The number of hydrogen-bond acceptors (Lipinski definition) is 8. The monoisotopic (exact) mass is 425 g/mol. The minimum absolute atomic E-state index is 0.0388. The molecular formula is C20H19N5O4S. The summed E-state index contributed by atoms with van der Waals surface area (Å²) in [4.78, 5) is 27.4. The van der Waals surface area contributed by atoms with Gasteiger partial charge in [-0.2, -0.15) is 9.78 Å². The molecule has 1 heterocycles. The number of esters is 1. The first kappa shape index (κ1) is 21.1. The van der Waals surface area contributed by atoms with Gasteiger partial charge in [0, 0.05) is 17.7 Å². The molecule has 2 N–H and O–H groups in total. The van der Waals surface area contributed by atoms with Gasteiger partial charge in [-0.25, -0.2) is 9.79 Å². The number of thioether (sulfide) groups is 1. The molecule has 0 atom stereocenters. The maximum Gasteiger partial charge on any atom is 0.344 e. The van der Waals surface area contributed by atoms with E-state index in [1.165, 1.54) is 40.7 Å². The van der Waals surface area contributed by atoms with Crippen molar-refractivity contribution in [2.24, 2.45) is 4.99 Å². The van der Waals surface area contributed by atoms with Gasteiger partial charge in [-0.1, -0.05) is 30.3 Å². The van der Waals surface area contributed by atoms with Crippen LogP contribution in [0.5, 0.6) is 0 Å². The van der Waals surface area contributed by atoms with Gasteiger partial charge in [0.05, 0.1) is 17.2 Å². The number of benzene rings is 2. The summed E-state index contributed by atoms with van der Waals surface area (Å²) < 4.78 is 6.50. The van der Waals surface area contributed by atoms with Crippen molar-refractivity contribution in [3.05, 3.63) is 75.8 Å². The minimum Gasteiger partial charge on any atom is -0.462 e. The molecule has 0 aliphatic carbocycles. The van der Waals surface area contributed by atoms with Gasteiger partial charge in [-0.05, 0) is 25.3 Å². The van der Waals surface area contributed by atoms with Crippen molar-refractivity contribution in [1.82, 2.24) is 9.78 Å². The highest BCUT2D eigenvalue weighted by atomic mass is 32.2. The Morgan fingerprint density at radius 2 is 1.90 bits per heavy atom. The van der Waals surface area contributed by atoms with Crippen LogP contribution in [0.3, 0.4) is 0 Å². The molecule has 0 aliphatic rings. The normalized spacial score (nSPS) is 11.3. The Kier molecular flexibility index (Phi) is 6.48. The zero-order chi connectivity index (χ0) is 21.7. The first-order valence-electron chi connectivity index (χ1n) is 8.94. The molecule has 0 radical (unpaired) electrons. The van der Waals surface area contributed by atoms with Crippen LogP contribution in [0.2, 0.25) is 0 Å². The van der Waals surface area contributed by atoms with Crippen molar-refractivity contribution in [3.63, 3.8) is 0 Å². The van der Waals surface area contributed by atoms with Crippen LogP contribution in [0.1, 0.15) is 22.8 Å². The number of nitrogens with two attached hydrogens (primary N) is 1. The largest absolute Gasteiger partial charge is 0.462 e. The molecule has 3 rings (SSSR count). The van der Waals surface area contributed by atoms with Gasteiger partial charge in [-0.3, -0.25) is 10.1 Å². The molecule has 0 saturated carbocycles. The highest BCUT2D eigenvalue weighted by Crippen LogP contribution is 2.28. The number of anilines is 1. The second-order valence-corrected chi connectivity index (χ2v) is 6.77. The molecule has 3 aromatic rings. The van der Waals surface area contributed by atoms with Crippen LogP contribution in [-0.2, 0) is 4.74 Å². The highest BCUT2D eigenvalue weighted by molar-refractivity contribution is 7.98. The summed E-state index contributed by atoms with van der Waals surface area (Å²) in [7, 11) is 0. The predicted molar refractivity (Wildman–Crippen MR) is 116 cm³/mol. The third-order valence-electron chi connectivity index (χ3n) is 4.09. The molecule has 9 nitrogen and oxygen atoms in total. The van der Waals surface area contributed by atoms with E-state index in [4.69, 9.17) is 10.5 Å². The summed E-state index contributed by atoms with van der Waals surface area (Å²) in [5.74, 6) is -0.0940. The maximum absolute atomic E-state index is 12.4. The van der Waals surface area contributed by atoms with Gasteiger partial charge in [0.15, 0.2) is 5.84 Å². The van der Waals surface area contributed by atoms with E-state index < -0.39 is 10.9 Å². The van der Waals surface area contributed by atoms with E-state index >= 15 is 0 Å². The van der Waals surface area contributed by atoms with Gasteiger partial charge in [0.2, 0.25) is 0 Å².